The Morgan fingerprint density at radius 2 is 1.82 bits per heavy atom. The van der Waals surface area contributed by atoms with E-state index in [0.29, 0.717) is 11.1 Å². The van der Waals surface area contributed by atoms with E-state index < -0.39 is 0 Å². The quantitative estimate of drug-likeness (QED) is 0.351. The van der Waals surface area contributed by atoms with Crippen molar-refractivity contribution in [2.24, 2.45) is 0 Å². The summed E-state index contributed by atoms with van der Waals surface area (Å²) in [7, 11) is 0. The zero-order valence-electron chi connectivity index (χ0n) is 15.0. The summed E-state index contributed by atoms with van der Waals surface area (Å²) in [5, 5.41) is 12.6. The van der Waals surface area contributed by atoms with Gasteiger partial charge in [0.1, 0.15) is 21.9 Å². The summed E-state index contributed by atoms with van der Waals surface area (Å²) in [6.07, 6.45) is 3.17. The molecule has 4 aromatic heterocycles. The van der Waals surface area contributed by atoms with Crippen molar-refractivity contribution < 1.29 is 8.83 Å². The van der Waals surface area contributed by atoms with Gasteiger partial charge >= 0.3 is 0 Å². The second-order valence-corrected chi connectivity index (χ2v) is 8.04. The minimum Gasteiger partial charge on any atom is -0.469 e. The summed E-state index contributed by atoms with van der Waals surface area (Å²) >= 11 is 2.94. The minimum absolute atomic E-state index is 0.427. The van der Waals surface area contributed by atoms with Gasteiger partial charge in [0.15, 0.2) is 0 Å². The SMILES string of the molecule is Cc1ccc(-c2csc3ncnc(Sc4nnc(-c5ccoc5C)o4)c23)cc1. The standard InChI is InChI=1S/C20H14N4O2S2/c1-11-3-5-13(6-4-11)15-9-27-18-16(15)19(22-10-21-18)28-20-24-23-17(26-20)14-7-8-25-12(14)2/h3-10H,1-2H3. The largest absolute Gasteiger partial charge is 0.469 e. The van der Waals surface area contributed by atoms with E-state index in [1.165, 1.54) is 17.3 Å². The molecule has 0 radical (unpaired) electrons. The van der Waals surface area contributed by atoms with Gasteiger partial charge in [0, 0.05) is 10.9 Å². The van der Waals surface area contributed by atoms with Crippen LogP contribution in [0.5, 0.6) is 0 Å². The average molecular weight is 406 g/mol. The van der Waals surface area contributed by atoms with E-state index >= 15 is 0 Å². The van der Waals surface area contributed by atoms with Crippen LogP contribution in [0.1, 0.15) is 11.3 Å². The summed E-state index contributed by atoms with van der Waals surface area (Å²) in [4.78, 5) is 9.83. The molecular weight excluding hydrogens is 392 g/mol. The molecule has 5 rings (SSSR count). The molecule has 4 heterocycles. The van der Waals surface area contributed by atoms with Gasteiger partial charge in [-0.25, -0.2) is 9.97 Å². The molecule has 0 saturated heterocycles. The molecule has 138 valence electrons. The fourth-order valence-corrected chi connectivity index (χ4v) is 4.68. The van der Waals surface area contributed by atoms with Gasteiger partial charge in [0.05, 0.1) is 17.2 Å². The van der Waals surface area contributed by atoms with Crippen molar-refractivity contribution >= 4 is 33.3 Å². The van der Waals surface area contributed by atoms with Crippen LogP contribution in [-0.4, -0.2) is 20.2 Å². The molecular formula is C20H14N4O2S2. The summed E-state index contributed by atoms with van der Waals surface area (Å²) in [5.41, 5.74) is 4.26. The molecule has 0 N–H and O–H groups in total. The number of hydrogen-bond acceptors (Lipinski definition) is 8. The number of rotatable bonds is 4. The van der Waals surface area contributed by atoms with Crippen LogP contribution in [-0.2, 0) is 0 Å². The Balaban J connectivity index is 1.55. The Hall–Kier alpha value is -2.97. The predicted octanol–water partition coefficient (Wildman–Crippen LogP) is 5.77. The fraction of sp³-hybridized carbons (Fsp3) is 0.100. The molecule has 0 spiro atoms. The smallest absolute Gasteiger partial charge is 0.283 e. The number of nitrogens with zero attached hydrogens (tertiary/aromatic N) is 4. The van der Waals surface area contributed by atoms with Crippen LogP contribution in [0.2, 0.25) is 0 Å². The van der Waals surface area contributed by atoms with Gasteiger partial charge in [-0.2, -0.15) is 0 Å². The van der Waals surface area contributed by atoms with E-state index in [1.54, 1.807) is 23.9 Å². The number of benzene rings is 1. The van der Waals surface area contributed by atoms with Gasteiger partial charge < -0.3 is 8.83 Å². The van der Waals surface area contributed by atoms with Gasteiger partial charge in [-0.3, -0.25) is 0 Å². The second kappa shape index (κ2) is 6.88. The number of fused-ring (bicyclic) bond motifs is 1. The second-order valence-electron chi connectivity index (χ2n) is 6.24. The normalized spacial score (nSPS) is 11.4. The summed E-state index contributed by atoms with van der Waals surface area (Å²) < 4.78 is 11.1. The highest BCUT2D eigenvalue weighted by atomic mass is 32.2. The van der Waals surface area contributed by atoms with E-state index in [0.717, 1.165) is 37.7 Å². The average Bonchev–Trinajstić information content (AvgIpc) is 3.42. The lowest BCUT2D eigenvalue weighted by molar-refractivity contribution is 0.463. The van der Waals surface area contributed by atoms with Crippen LogP contribution < -0.4 is 0 Å². The third-order valence-electron chi connectivity index (χ3n) is 4.38. The van der Waals surface area contributed by atoms with Gasteiger partial charge in [-0.05, 0) is 37.2 Å². The van der Waals surface area contributed by atoms with E-state index in [1.807, 2.05) is 13.0 Å². The maximum atomic E-state index is 5.82. The van der Waals surface area contributed by atoms with Crippen molar-refractivity contribution in [1.82, 2.24) is 20.2 Å². The molecule has 28 heavy (non-hydrogen) atoms. The van der Waals surface area contributed by atoms with Crippen molar-refractivity contribution in [2.45, 2.75) is 24.1 Å². The summed E-state index contributed by atoms with van der Waals surface area (Å²) in [6, 6.07) is 10.3. The van der Waals surface area contributed by atoms with Crippen LogP contribution >= 0.6 is 23.1 Å². The molecule has 0 unspecified atom stereocenters. The first kappa shape index (κ1) is 17.2. The third kappa shape index (κ3) is 3.00. The van der Waals surface area contributed by atoms with Crippen LogP contribution in [0, 0.1) is 13.8 Å². The third-order valence-corrected chi connectivity index (χ3v) is 6.11. The highest BCUT2D eigenvalue weighted by Crippen LogP contribution is 2.40. The van der Waals surface area contributed by atoms with Gasteiger partial charge in [-0.1, -0.05) is 29.8 Å². The summed E-state index contributed by atoms with van der Waals surface area (Å²) in [5.74, 6) is 1.17. The molecule has 6 nitrogen and oxygen atoms in total. The highest BCUT2D eigenvalue weighted by molar-refractivity contribution is 7.99. The van der Waals surface area contributed by atoms with Gasteiger partial charge in [0.25, 0.3) is 11.1 Å². The van der Waals surface area contributed by atoms with Crippen molar-refractivity contribution in [2.75, 3.05) is 0 Å². The zero-order chi connectivity index (χ0) is 19.1. The molecule has 0 aliphatic carbocycles. The van der Waals surface area contributed by atoms with Crippen LogP contribution in [0.25, 0.3) is 32.8 Å². The lowest BCUT2D eigenvalue weighted by Crippen LogP contribution is -1.86. The van der Waals surface area contributed by atoms with Crippen LogP contribution in [0.4, 0.5) is 0 Å². The van der Waals surface area contributed by atoms with Gasteiger partial charge in [0.2, 0.25) is 0 Å². The molecule has 0 fully saturated rings. The fourth-order valence-electron chi connectivity index (χ4n) is 2.92. The lowest BCUT2D eigenvalue weighted by atomic mass is 10.1. The highest BCUT2D eigenvalue weighted by Gasteiger charge is 2.18. The van der Waals surface area contributed by atoms with Gasteiger partial charge in [-0.15, -0.1) is 21.5 Å². The van der Waals surface area contributed by atoms with Crippen molar-refractivity contribution in [3.63, 3.8) is 0 Å². The topological polar surface area (TPSA) is 77.8 Å². The first-order valence-electron chi connectivity index (χ1n) is 8.54. The molecule has 0 aliphatic heterocycles. The molecule has 0 amide bonds. The predicted molar refractivity (Wildman–Crippen MR) is 108 cm³/mol. The number of aryl methyl sites for hydroxylation is 2. The van der Waals surface area contributed by atoms with Crippen molar-refractivity contribution in [1.29, 1.82) is 0 Å². The van der Waals surface area contributed by atoms with E-state index in [2.05, 4.69) is 56.7 Å². The molecule has 1 aromatic carbocycles. The molecule has 0 saturated carbocycles. The molecule has 0 bridgehead atoms. The van der Waals surface area contributed by atoms with E-state index in [9.17, 15) is 0 Å². The minimum atomic E-state index is 0.427. The number of hydrogen-bond donors (Lipinski definition) is 0. The monoisotopic (exact) mass is 406 g/mol. The maximum Gasteiger partial charge on any atom is 0.283 e. The first-order valence-corrected chi connectivity index (χ1v) is 10.2. The van der Waals surface area contributed by atoms with Crippen molar-refractivity contribution in [3.05, 3.63) is 59.6 Å². The van der Waals surface area contributed by atoms with Crippen LogP contribution in [0.15, 0.2) is 67.4 Å². The zero-order valence-corrected chi connectivity index (χ0v) is 16.7. The summed E-state index contributed by atoms with van der Waals surface area (Å²) in [6.45, 7) is 3.94. The first-order chi connectivity index (χ1) is 13.7. The van der Waals surface area contributed by atoms with Crippen LogP contribution in [0.3, 0.4) is 0 Å². The maximum absolute atomic E-state index is 5.82. The Bertz CT molecular complexity index is 1270. The van der Waals surface area contributed by atoms with Crippen molar-refractivity contribution in [3.8, 4) is 22.6 Å². The number of aromatic nitrogens is 4. The Labute approximate surface area is 168 Å². The lowest BCUT2D eigenvalue weighted by Gasteiger charge is -2.03. The van der Waals surface area contributed by atoms with E-state index in [4.69, 9.17) is 8.83 Å². The van der Waals surface area contributed by atoms with E-state index in [-0.39, 0.29) is 0 Å². The Kier molecular flexibility index (Phi) is 4.22. The molecule has 5 aromatic rings. The Morgan fingerprint density at radius 3 is 2.61 bits per heavy atom. The number of furan rings is 1. The molecule has 8 heteroatoms. The molecule has 0 aliphatic rings. The number of thiophene rings is 1. The molecule has 0 atom stereocenters. The Morgan fingerprint density at radius 1 is 0.964 bits per heavy atom.